The lowest BCUT2D eigenvalue weighted by atomic mass is 10.1. The summed E-state index contributed by atoms with van der Waals surface area (Å²) in [6, 6.07) is 9.99. The lowest BCUT2D eigenvalue weighted by Gasteiger charge is -2.22. The zero-order valence-electron chi connectivity index (χ0n) is 10.8. The van der Waals surface area contributed by atoms with Crippen LogP contribution in [-0.4, -0.2) is 29.3 Å². The molecule has 1 aromatic heterocycles. The molecule has 0 spiro atoms. The molecule has 0 fully saturated rings. The number of rotatable bonds is 6. The van der Waals surface area contributed by atoms with Crippen LogP contribution < -0.4 is 5.32 Å². The second kappa shape index (κ2) is 5.78. The van der Waals surface area contributed by atoms with Crippen molar-refractivity contribution in [3.05, 3.63) is 36.1 Å². The maximum atomic E-state index is 10.0. The van der Waals surface area contributed by atoms with Gasteiger partial charge in [0.1, 0.15) is 11.3 Å². The summed E-state index contributed by atoms with van der Waals surface area (Å²) in [5, 5.41) is 14.4. The number of nitrogens with one attached hydrogen (secondary N) is 1. The van der Waals surface area contributed by atoms with Crippen LogP contribution >= 0.6 is 11.8 Å². The largest absolute Gasteiger partial charge is 0.460 e. The van der Waals surface area contributed by atoms with Gasteiger partial charge in [-0.15, -0.1) is 0 Å². The van der Waals surface area contributed by atoms with Gasteiger partial charge in [0.25, 0.3) is 0 Å². The summed E-state index contributed by atoms with van der Waals surface area (Å²) < 4.78 is 5.69. The van der Waals surface area contributed by atoms with Gasteiger partial charge in [-0.05, 0) is 25.3 Å². The molecule has 1 heterocycles. The normalized spacial score (nSPS) is 14.8. The van der Waals surface area contributed by atoms with E-state index in [0.29, 0.717) is 13.1 Å². The smallest absolute Gasteiger partial charge is 0.134 e. The molecule has 2 N–H and O–H groups in total. The van der Waals surface area contributed by atoms with E-state index in [1.807, 2.05) is 43.5 Å². The van der Waals surface area contributed by atoms with E-state index < -0.39 is 5.60 Å². The van der Waals surface area contributed by atoms with Crippen LogP contribution in [-0.2, 0) is 6.54 Å². The Morgan fingerprint density at radius 3 is 2.89 bits per heavy atom. The predicted octanol–water partition coefficient (Wildman–Crippen LogP) is 2.64. The SMILES string of the molecule is CSCC(C)(O)CNCc1cc2ccccc2o1. The molecule has 0 saturated heterocycles. The summed E-state index contributed by atoms with van der Waals surface area (Å²) >= 11 is 1.65. The summed E-state index contributed by atoms with van der Waals surface area (Å²) in [4.78, 5) is 0. The minimum atomic E-state index is -0.675. The molecule has 0 saturated carbocycles. The molecule has 4 heteroatoms. The van der Waals surface area contributed by atoms with E-state index in [1.165, 1.54) is 0 Å². The third kappa shape index (κ3) is 3.51. The van der Waals surface area contributed by atoms with Crippen LogP contribution in [0.5, 0.6) is 0 Å². The first kappa shape index (κ1) is 13.5. The van der Waals surface area contributed by atoms with Gasteiger partial charge in [0.15, 0.2) is 0 Å². The van der Waals surface area contributed by atoms with Gasteiger partial charge in [-0.3, -0.25) is 0 Å². The van der Waals surface area contributed by atoms with Gasteiger partial charge in [0.2, 0.25) is 0 Å². The van der Waals surface area contributed by atoms with Crippen LogP contribution in [0.2, 0.25) is 0 Å². The van der Waals surface area contributed by atoms with Crippen molar-refractivity contribution in [1.82, 2.24) is 5.32 Å². The molecule has 0 bridgehead atoms. The molecule has 0 aliphatic heterocycles. The van der Waals surface area contributed by atoms with Gasteiger partial charge < -0.3 is 14.8 Å². The molecule has 1 atom stereocenters. The molecular weight excluding hydrogens is 246 g/mol. The van der Waals surface area contributed by atoms with Gasteiger partial charge in [-0.25, -0.2) is 0 Å². The molecule has 1 unspecified atom stereocenters. The maximum absolute atomic E-state index is 10.0. The van der Waals surface area contributed by atoms with Crippen molar-refractivity contribution in [3.8, 4) is 0 Å². The monoisotopic (exact) mass is 265 g/mol. The first-order valence-electron chi connectivity index (χ1n) is 6.00. The van der Waals surface area contributed by atoms with Crippen LogP contribution in [0.3, 0.4) is 0 Å². The van der Waals surface area contributed by atoms with E-state index in [1.54, 1.807) is 11.8 Å². The lowest BCUT2D eigenvalue weighted by molar-refractivity contribution is 0.0841. The number of hydrogen-bond donors (Lipinski definition) is 2. The standard InChI is InChI=1S/C14H19NO2S/c1-14(16,10-18-2)9-15-8-12-7-11-5-3-4-6-13(11)17-12/h3-7,15-16H,8-10H2,1-2H3. The number of fused-ring (bicyclic) bond motifs is 1. The van der Waals surface area contributed by atoms with Gasteiger partial charge >= 0.3 is 0 Å². The lowest BCUT2D eigenvalue weighted by Crippen LogP contribution is -2.39. The Labute approximate surface area is 112 Å². The maximum Gasteiger partial charge on any atom is 0.134 e. The van der Waals surface area contributed by atoms with Crippen molar-refractivity contribution >= 4 is 22.7 Å². The van der Waals surface area contributed by atoms with Crippen molar-refractivity contribution in [2.45, 2.75) is 19.1 Å². The molecule has 0 radical (unpaired) electrons. The molecule has 2 aromatic rings. The summed E-state index contributed by atoms with van der Waals surface area (Å²) in [5.74, 6) is 1.62. The van der Waals surface area contributed by atoms with E-state index in [2.05, 4.69) is 5.32 Å². The first-order chi connectivity index (χ1) is 8.61. The second-order valence-corrected chi connectivity index (χ2v) is 5.65. The highest BCUT2D eigenvalue weighted by atomic mass is 32.2. The average molecular weight is 265 g/mol. The topological polar surface area (TPSA) is 45.4 Å². The van der Waals surface area contributed by atoms with Crippen molar-refractivity contribution in [1.29, 1.82) is 0 Å². The molecule has 3 nitrogen and oxygen atoms in total. The predicted molar refractivity (Wildman–Crippen MR) is 76.9 cm³/mol. The number of hydrogen-bond acceptors (Lipinski definition) is 4. The highest BCUT2D eigenvalue weighted by Crippen LogP contribution is 2.18. The molecule has 1 aromatic carbocycles. The number of benzene rings is 1. The molecule has 2 rings (SSSR count). The molecule has 0 aliphatic carbocycles. The highest BCUT2D eigenvalue weighted by Gasteiger charge is 2.18. The van der Waals surface area contributed by atoms with Crippen LogP contribution in [0.25, 0.3) is 11.0 Å². The van der Waals surface area contributed by atoms with Crippen LogP contribution in [0, 0.1) is 0 Å². The van der Waals surface area contributed by atoms with E-state index in [0.717, 1.165) is 22.5 Å². The van der Waals surface area contributed by atoms with E-state index in [9.17, 15) is 5.11 Å². The number of thioether (sulfide) groups is 1. The number of furan rings is 1. The highest BCUT2D eigenvalue weighted by molar-refractivity contribution is 7.98. The zero-order chi connectivity index (χ0) is 13.0. The van der Waals surface area contributed by atoms with Gasteiger partial charge in [0, 0.05) is 17.7 Å². The Bertz CT molecular complexity index is 474. The van der Waals surface area contributed by atoms with E-state index in [-0.39, 0.29) is 0 Å². The fourth-order valence-corrected chi connectivity index (χ4v) is 2.66. The minimum Gasteiger partial charge on any atom is -0.460 e. The van der Waals surface area contributed by atoms with E-state index in [4.69, 9.17) is 4.42 Å². The van der Waals surface area contributed by atoms with Crippen molar-refractivity contribution in [3.63, 3.8) is 0 Å². The van der Waals surface area contributed by atoms with Gasteiger partial charge in [-0.2, -0.15) is 11.8 Å². The van der Waals surface area contributed by atoms with Crippen molar-refractivity contribution < 1.29 is 9.52 Å². The quantitative estimate of drug-likeness (QED) is 0.843. The Hall–Kier alpha value is -0.970. The Morgan fingerprint density at radius 2 is 2.17 bits per heavy atom. The molecule has 98 valence electrons. The Balaban J connectivity index is 1.90. The zero-order valence-corrected chi connectivity index (χ0v) is 11.6. The minimum absolute atomic E-state index is 0.560. The van der Waals surface area contributed by atoms with Crippen molar-refractivity contribution in [2.75, 3.05) is 18.6 Å². The summed E-state index contributed by atoms with van der Waals surface area (Å²) in [6.07, 6.45) is 1.99. The van der Waals surface area contributed by atoms with E-state index >= 15 is 0 Å². The van der Waals surface area contributed by atoms with Crippen LogP contribution in [0.15, 0.2) is 34.7 Å². The van der Waals surface area contributed by atoms with Crippen molar-refractivity contribution in [2.24, 2.45) is 0 Å². The van der Waals surface area contributed by atoms with Crippen LogP contribution in [0.1, 0.15) is 12.7 Å². The Kier molecular flexibility index (Phi) is 4.32. The molecule has 0 aliphatic rings. The third-order valence-electron chi connectivity index (χ3n) is 2.74. The fraction of sp³-hybridized carbons (Fsp3) is 0.429. The van der Waals surface area contributed by atoms with Gasteiger partial charge in [-0.1, -0.05) is 18.2 Å². The molecule has 18 heavy (non-hydrogen) atoms. The first-order valence-corrected chi connectivity index (χ1v) is 7.40. The van der Waals surface area contributed by atoms with Crippen LogP contribution in [0.4, 0.5) is 0 Å². The molecule has 0 amide bonds. The summed E-state index contributed by atoms with van der Waals surface area (Å²) in [6.45, 7) is 3.04. The summed E-state index contributed by atoms with van der Waals surface area (Å²) in [5.41, 5.74) is 0.232. The molecular formula is C14H19NO2S. The fourth-order valence-electron chi connectivity index (χ4n) is 1.94. The number of aliphatic hydroxyl groups is 1. The van der Waals surface area contributed by atoms with Gasteiger partial charge in [0.05, 0.1) is 12.1 Å². The second-order valence-electron chi connectivity index (χ2n) is 4.78. The summed E-state index contributed by atoms with van der Waals surface area (Å²) in [7, 11) is 0. The Morgan fingerprint density at radius 1 is 1.39 bits per heavy atom. The third-order valence-corrected chi connectivity index (χ3v) is 3.65. The average Bonchev–Trinajstić information content (AvgIpc) is 2.71. The number of para-hydroxylation sites is 1.